The van der Waals surface area contributed by atoms with Gasteiger partial charge in [-0.1, -0.05) is 36.4 Å². The second kappa shape index (κ2) is 8.54. The molecule has 0 saturated carbocycles. The van der Waals surface area contributed by atoms with Gasteiger partial charge in [0.2, 0.25) is 5.78 Å². The third-order valence-corrected chi connectivity index (χ3v) is 5.56. The zero-order valence-corrected chi connectivity index (χ0v) is 17.4. The number of alkyl halides is 3. The number of amides is 1. The summed E-state index contributed by atoms with van der Waals surface area (Å²) in [7, 11) is 1.47. The molecule has 1 saturated heterocycles. The van der Waals surface area contributed by atoms with Crippen LogP contribution in [0.15, 0.2) is 78.9 Å². The van der Waals surface area contributed by atoms with Gasteiger partial charge in [-0.2, -0.15) is 13.2 Å². The highest BCUT2D eigenvalue weighted by Crippen LogP contribution is 2.42. The Balaban J connectivity index is 1.83. The smallest absolute Gasteiger partial charge is 0.416 e. The Bertz CT molecular complexity index is 1210. The molecule has 1 amide bonds. The third-order valence-electron chi connectivity index (χ3n) is 5.56. The van der Waals surface area contributed by atoms with Crippen LogP contribution < -0.4 is 9.64 Å². The molecule has 8 heteroatoms. The van der Waals surface area contributed by atoms with Crippen molar-refractivity contribution in [1.82, 2.24) is 0 Å². The Morgan fingerprint density at radius 1 is 0.909 bits per heavy atom. The number of carbonyl (C=O) groups is 3. The summed E-state index contributed by atoms with van der Waals surface area (Å²) in [6.45, 7) is 0. The van der Waals surface area contributed by atoms with Gasteiger partial charge in [0, 0.05) is 11.3 Å². The van der Waals surface area contributed by atoms with Crippen LogP contribution in [0.4, 0.5) is 18.9 Å². The van der Waals surface area contributed by atoms with Gasteiger partial charge < -0.3 is 4.74 Å². The van der Waals surface area contributed by atoms with Gasteiger partial charge in [-0.25, -0.2) is 0 Å². The first kappa shape index (κ1) is 22.3. The summed E-state index contributed by atoms with van der Waals surface area (Å²) in [5.41, 5.74) is -0.422. The number of anilines is 1. The maximum atomic E-state index is 13.4. The van der Waals surface area contributed by atoms with Gasteiger partial charge in [-0.3, -0.25) is 19.3 Å². The van der Waals surface area contributed by atoms with E-state index in [9.17, 15) is 27.6 Å². The maximum absolute atomic E-state index is 13.4. The van der Waals surface area contributed by atoms with Crippen LogP contribution in [-0.4, -0.2) is 24.6 Å². The molecular formula is C25H18F3NO4. The predicted octanol–water partition coefficient (Wildman–Crippen LogP) is 4.87. The predicted molar refractivity (Wildman–Crippen MR) is 114 cm³/mol. The number of nitrogens with zero attached hydrogens (tertiary/aromatic N) is 1. The van der Waals surface area contributed by atoms with Crippen molar-refractivity contribution < 1.29 is 32.3 Å². The van der Waals surface area contributed by atoms with Gasteiger partial charge in [0.05, 0.1) is 18.7 Å². The summed E-state index contributed by atoms with van der Waals surface area (Å²) < 4.78 is 45.0. The standard InChI is InChI=1S/C25H18F3NO4/c1-33-19-12-10-16(11-13-19)22(30)20-21(15-6-3-2-4-7-15)29(24(32)23(20)31)18-9-5-8-17(14-18)25(26,27)28/h2-14,20-21H,1H3. The summed E-state index contributed by atoms with van der Waals surface area (Å²) in [4.78, 5) is 40.4. The minimum atomic E-state index is -4.64. The molecule has 1 fully saturated rings. The van der Waals surface area contributed by atoms with Gasteiger partial charge in [-0.05, 0) is 48.0 Å². The topological polar surface area (TPSA) is 63.7 Å². The molecule has 1 heterocycles. The number of methoxy groups -OCH3 is 1. The van der Waals surface area contributed by atoms with Crippen molar-refractivity contribution in [3.63, 3.8) is 0 Å². The molecule has 5 nitrogen and oxygen atoms in total. The molecule has 2 unspecified atom stereocenters. The molecule has 2 atom stereocenters. The van der Waals surface area contributed by atoms with Crippen LogP contribution in [-0.2, 0) is 15.8 Å². The van der Waals surface area contributed by atoms with Gasteiger partial charge in [0.25, 0.3) is 5.91 Å². The minimum absolute atomic E-state index is 0.109. The molecule has 0 N–H and O–H groups in total. The first-order chi connectivity index (χ1) is 15.7. The average molecular weight is 453 g/mol. The van der Waals surface area contributed by atoms with Crippen LogP contribution in [0.5, 0.6) is 5.75 Å². The number of hydrogen-bond acceptors (Lipinski definition) is 4. The maximum Gasteiger partial charge on any atom is 0.416 e. The van der Waals surface area contributed by atoms with Gasteiger partial charge in [-0.15, -0.1) is 0 Å². The summed E-state index contributed by atoms with van der Waals surface area (Å²) in [6.07, 6.45) is -4.64. The van der Waals surface area contributed by atoms with E-state index in [4.69, 9.17) is 4.74 Å². The van der Waals surface area contributed by atoms with Crippen LogP contribution in [0.2, 0.25) is 0 Å². The fraction of sp³-hybridized carbons (Fsp3) is 0.160. The number of carbonyl (C=O) groups excluding carboxylic acids is 3. The van der Waals surface area contributed by atoms with Crippen LogP contribution in [0, 0.1) is 5.92 Å². The van der Waals surface area contributed by atoms with E-state index in [-0.39, 0.29) is 11.3 Å². The van der Waals surface area contributed by atoms with Crippen molar-refractivity contribution in [3.8, 4) is 5.75 Å². The molecule has 4 rings (SSSR count). The Hall–Kier alpha value is -3.94. The fourth-order valence-corrected chi connectivity index (χ4v) is 3.97. The Morgan fingerprint density at radius 3 is 2.18 bits per heavy atom. The average Bonchev–Trinajstić information content (AvgIpc) is 3.09. The minimum Gasteiger partial charge on any atom is -0.497 e. The molecule has 0 bridgehead atoms. The molecule has 168 valence electrons. The van der Waals surface area contributed by atoms with Crippen molar-refractivity contribution in [2.24, 2.45) is 5.92 Å². The number of Topliss-reactive ketones (excluding diaryl/α,β-unsaturated/α-hetero) is 2. The Kier molecular flexibility index (Phi) is 5.76. The first-order valence-corrected chi connectivity index (χ1v) is 10.00. The number of rotatable bonds is 5. The van der Waals surface area contributed by atoms with Crippen molar-refractivity contribution in [3.05, 3.63) is 95.6 Å². The fourth-order valence-electron chi connectivity index (χ4n) is 3.97. The van der Waals surface area contributed by atoms with Gasteiger partial charge in [0.15, 0.2) is 5.78 Å². The number of hydrogen-bond donors (Lipinski definition) is 0. The Morgan fingerprint density at radius 2 is 1.58 bits per heavy atom. The van der Waals surface area contributed by atoms with E-state index in [0.717, 1.165) is 23.1 Å². The van der Waals surface area contributed by atoms with Crippen molar-refractivity contribution in [2.45, 2.75) is 12.2 Å². The number of benzene rings is 3. The lowest BCUT2D eigenvalue weighted by atomic mass is 9.86. The van der Waals surface area contributed by atoms with E-state index in [2.05, 4.69) is 0 Å². The highest BCUT2D eigenvalue weighted by molar-refractivity contribution is 6.49. The van der Waals surface area contributed by atoms with Crippen LogP contribution >= 0.6 is 0 Å². The molecular weight excluding hydrogens is 435 g/mol. The number of ether oxygens (including phenoxy) is 1. The summed E-state index contributed by atoms with van der Waals surface area (Å²) in [6, 6.07) is 17.5. The van der Waals surface area contributed by atoms with Crippen molar-refractivity contribution in [2.75, 3.05) is 12.0 Å². The molecule has 0 spiro atoms. The quantitative estimate of drug-likeness (QED) is 0.314. The molecule has 1 aliphatic rings. The highest BCUT2D eigenvalue weighted by Gasteiger charge is 2.52. The number of ketones is 2. The van der Waals surface area contributed by atoms with Gasteiger partial charge in [0.1, 0.15) is 11.7 Å². The van der Waals surface area contributed by atoms with Crippen molar-refractivity contribution in [1.29, 1.82) is 0 Å². The van der Waals surface area contributed by atoms with E-state index in [1.54, 1.807) is 42.5 Å². The summed E-state index contributed by atoms with van der Waals surface area (Å²) in [5.74, 6) is -3.51. The third kappa shape index (κ3) is 4.11. The van der Waals surface area contributed by atoms with E-state index in [1.165, 1.54) is 25.3 Å². The second-order valence-electron chi connectivity index (χ2n) is 7.51. The molecule has 3 aromatic carbocycles. The SMILES string of the molecule is COc1ccc(C(=O)C2C(=O)C(=O)N(c3cccc(C(F)(F)F)c3)C2c2ccccc2)cc1. The highest BCUT2D eigenvalue weighted by atomic mass is 19.4. The monoisotopic (exact) mass is 453 g/mol. The van der Waals surface area contributed by atoms with Crippen LogP contribution in [0.3, 0.4) is 0 Å². The molecule has 33 heavy (non-hydrogen) atoms. The van der Waals surface area contributed by atoms with E-state index >= 15 is 0 Å². The molecule has 1 aliphatic heterocycles. The van der Waals surface area contributed by atoms with Crippen molar-refractivity contribution >= 4 is 23.2 Å². The lowest BCUT2D eigenvalue weighted by Crippen LogP contribution is -2.30. The lowest BCUT2D eigenvalue weighted by Gasteiger charge is -2.27. The Labute approximate surface area is 187 Å². The van der Waals surface area contributed by atoms with E-state index in [0.29, 0.717) is 11.3 Å². The molecule has 0 aliphatic carbocycles. The molecule has 0 radical (unpaired) electrons. The largest absolute Gasteiger partial charge is 0.497 e. The number of halogens is 3. The summed E-state index contributed by atoms with van der Waals surface area (Å²) in [5, 5.41) is 0. The van der Waals surface area contributed by atoms with Crippen LogP contribution in [0.1, 0.15) is 27.5 Å². The summed E-state index contributed by atoms with van der Waals surface area (Å²) >= 11 is 0. The zero-order chi connectivity index (χ0) is 23.8. The zero-order valence-electron chi connectivity index (χ0n) is 17.4. The normalized spacial score (nSPS) is 18.5. The van der Waals surface area contributed by atoms with E-state index in [1.807, 2.05) is 0 Å². The van der Waals surface area contributed by atoms with Crippen LogP contribution in [0.25, 0.3) is 0 Å². The first-order valence-electron chi connectivity index (χ1n) is 10.00. The molecule has 3 aromatic rings. The van der Waals surface area contributed by atoms with Gasteiger partial charge >= 0.3 is 6.18 Å². The second-order valence-corrected chi connectivity index (χ2v) is 7.51. The van der Waals surface area contributed by atoms with E-state index < -0.39 is 41.2 Å². The lowest BCUT2D eigenvalue weighted by molar-refractivity contribution is -0.137. The molecule has 0 aromatic heterocycles.